The van der Waals surface area contributed by atoms with Gasteiger partial charge in [-0.05, 0) is 120 Å². The Bertz CT molecular complexity index is 4330. The van der Waals surface area contributed by atoms with Gasteiger partial charge in [0.05, 0.1) is 0 Å². The van der Waals surface area contributed by atoms with Crippen molar-refractivity contribution < 1.29 is 20.1 Å². The SMILES string of the molecule is [Ir+3].[c-]1cc(-c2ccccc2-c2cc(-c3ccccc3-c3c[c-]c4c(ccc5cccnc54)c3)cc(-c3ccccc3-c3c[c-]c4c(ccc5cccnc54)c3)c2)ccc1-c1cc(-c2ccc(-c3ccccc3)cc2)ccn1. The number of aromatic nitrogens is 3. The number of hydrogen-bond acceptors (Lipinski definition) is 3. The van der Waals surface area contributed by atoms with E-state index in [0.717, 1.165) is 132 Å². The Hall–Kier alpha value is -9.44. The smallest absolute Gasteiger partial charge is 0.305 e. The van der Waals surface area contributed by atoms with Crippen molar-refractivity contribution in [1.29, 1.82) is 0 Å². The first-order valence-electron chi connectivity index (χ1n) is 25.6. The molecule has 360 valence electrons. The topological polar surface area (TPSA) is 38.7 Å². The zero-order valence-corrected chi connectivity index (χ0v) is 44.0. The molecule has 4 heteroatoms. The van der Waals surface area contributed by atoms with E-state index in [1.807, 2.05) is 36.8 Å². The quantitative estimate of drug-likeness (QED) is 0.107. The second-order valence-electron chi connectivity index (χ2n) is 19.3. The van der Waals surface area contributed by atoms with Gasteiger partial charge in [0.2, 0.25) is 0 Å². The van der Waals surface area contributed by atoms with E-state index in [2.05, 4.69) is 249 Å². The molecule has 0 aliphatic heterocycles. The summed E-state index contributed by atoms with van der Waals surface area (Å²) in [6, 6.07) is 99.7. The van der Waals surface area contributed by atoms with Crippen molar-refractivity contribution in [3.05, 3.63) is 286 Å². The van der Waals surface area contributed by atoms with Gasteiger partial charge in [-0.1, -0.05) is 203 Å². The Morgan fingerprint density at radius 1 is 0.247 bits per heavy atom. The molecule has 3 aromatic heterocycles. The monoisotopic (exact) mass is 1160 g/mol. The van der Waals surface area contributed by atoms with Crippen LogP contribution < -0.4 is 0 Å². The van der Waals surface area contributed by atoms with Crippen LogP contribution >= 0.6 is 0 Å². The standard InChI is InChI=1S/C73H44N3.Ir/c1-2-12-48(13-3-1)49-22-24-50(25-23-49)55-38-41-74-71(47-55)52-28-26-51(27-29-52)63-16-4-7-19-66(63)60-44-61(67-20-8-5-17-64(67)56-34-36-69-58(42-56)32-30-53-14-10-39-75-72(53)69)46-62(45-60)68-21-9-6-18-65(68)57-35-37-70-59(43-57)33-31-54-15-11-40-76-73(54)70;/h1-28,30-35,38-47H;/q-3;+3. The first-order chi connectivity index (χ1) is 37.6. The van der Waals surface area contributed by atoms with Crippen molar-refractivity contribution in [2.75, 3.05) is 0 Å². The number of fused-ring (bicyclic) bond motifs is 6. The fourth-order valence-electron chi connectivity index (χ4n) is 10.9. The molecule has 0 N–H and O–H groups in total. The predicted molar refractivity (Wildman–Crippen MR) is 315 cm³/mol. The van der Waals surface area contributed by atoms with E-state index in [1.165, 1.54) is 11.1 Å². The van der Waals surface area contributed by atoms with E-state index in [4.69, 9.17) is 15.0 Å². The second-order valence-corrected chi connectivity index (χ2v) is 19.3. The van der Waals surface area contributed by atoms with Crippen molar-refractivity contribution in [2.24, 2.45) is 0 Å². The minimum absolute atomic E-state index is 0. The molecule has 14 rings (SSSR count). The summed E-state index contributed by atoms with van der Waals surface area (Å²) in [4.78, 5) is 14.3. The van der Waals surface area contributed by atoms with E-state index in [-0.39, 0.29) is 20.1 Å². The Morgan fingerprint density at radius 3 is 1.16 bits per heavy atom. The van der Waals surface area contributed by atoms with Gasteiger partial charge < -0.3 is 15.0 Å². The third kappa shape index (κ3) is 9.00. The van der Waals surface area contributed by atoms with Crippen LogP contribution in [-0.2, 0) is 20.1 Å². The zero-order chi connectivity index (χ0) is 50.4. The molecule has 3 heterocycles. The summed E-state index contributed by atoms with van der Waals surface area (Å²) in [7, 11) is 0. The van der Waals surface area contributed by atoms with E-state index in [9.17, 15) is 0 Å². The fourth-order valence-corrected chi connectivity index (χ4v) is 10.9. The van der Waals surface area contributed by atoms with Gasteiger partial charge in [0.1, 0.15) is 0 Å². The average Bonchev–Trinajstić information content (AvgIpc) is 3.52. The molecule has 0 radical (unpaired) electrons. The summed E-state index contributed by atoms with van der Waals surface area (Å²) in [5, 5.41) is 6.46. The molecule has 14 aromatic rings. The third-order valence-corrected chi connectivity index (χ3v) is 14.7. The molecule has 0 bridgehead atoms. The van der Waals surface area contributed by atoms with Crippen LogP contribution in [0.1, 0.15) is 0 Å². The molecule has 11 aromatic carbocycles. The maximum absolute atomic E-state index is 4.82. The van der Waals surface area contributed by atoms with Crippen LogP contribution in [0.2, 0.25) is 0 Å². The van der Waals surface area contributed by atoms with E-state index in [0.29, 0.717) is 0 Å². The van der Waals surface area contributed by atoms with Gasteiger partial charge in [0, 0.05) is 18.6 Å². The molecule has 0 amide bonds. The minimum atomic E-state index is 0. The first-order valence-corrected chi connectivity index (χ1v) is 25.6. The average molecular weight is 1160 g/mol. The maximum Gasteiger partial charge on any atom is 3.00 e. The van der Waals surface area contributed by atoms with Crippen molar-refractivity contribution in [3.8, 4) is 100 Å². The molecular formula is C73H44IrN3. The van der Waals surface area contributed by atoms with Crippen molar-refractivity contribution in [3.63, 3.8) is 0 Å². The van der Waals surface area contributed by atoms with E-state index >= 15 is 0 Å². The van der Waals surface area contributed by atoms with Crippen LogP contribution in [0.5, 0.6) is 0 Å². The summed E-state index contributed by atoms with van der Waals surface area (Å²) < 4.78 is 0. The van der Waals surface area contributed by atoms with Crippen LogP contribution in [0.3, 0.4) is 0 Å². The van der Waals surface area contributed by atoms with Gasteiger partial charge in [0.15, 0.2) is 0 Å². The van der Waals surface area contributed by atoms with Crippen LogP contribution in [-0.4, -0.2) is 15.0 Å². The molecule has 0 saturated carbocycles. The molecule has 0 atom stereocenters. The number of rotatable bonds is 9. The Labute approximate surface area is 461 Å². The second kappa shape index (κ2) is 20.4. The molecule has 0 aliphatic rings. The molecule has 77 heavy (non-hydrogen) atoms. The molecule has 0 fully saturated rings. The summed E-state index contributed by atoms with van der Waals surface area (Å²) in [5.41, 5.74) is 21.7. The fraction of sp³-hybridized carbons (Fsp3) is 0. The predicted octanol–water partition coefficient (Wildman–Crippen LogP) is 18.9. The third-order valence-electron chi connectivity index (χ3n) is 14.7. The Kier molecular flexibility index (Phi) is 12.5. The van der Waals surface area contributed by atoms with Gasteiger partial charge >= 0.3 is 20.1 Å². The van der Waals surface area contributed by atoms with Crippen LogP contribution in [0.15, 0.2) is 267 Å². The van der Waals surface area contributed by atoms with Crippen molar-refractivity contribution in [2.45, 2.75) is 0 Å². The Balaban J connectivity index is 0.00000566. The van der Waals surface area contributed by atoms with Gasteiger partial charge in [-0.2, -0.15) is 0 Å². The van der Waals surface area contributed by atoms with Gasteiger partial charge in [-0.3, -0.25) is 0 Å². The maximum atomic E-state index is 4.82. The largest absolute Gasteiger partial charge is 3.00 e. The summed E-state index contributed by atoms with van der Waals surface area (Å²) in [6.45, 7) is 0. The molecule has 0 aliphatic carbocycles. The number of hydrogen-bond donors (Lipinski definition) is 0. The van der Waals surface area contributed by atoms with Crippen LogP contribution in [0.4, 0.5) is 0 Å². The summed E-state index contributed by atoms with van der Waals surface area (Å²) in [5.74, 6) is 0. The number of pyridine rings is 3. The van der Waals surface area contributed by atoms with Gasteiger partial charge in [0.25, 0.3) is 0 Å². The Morgan fingerprint density at radius 2 is 0.662 bits per heavy atom. The van der Waals surface area contributed by atoms with Crippen molar-refractivity contribution in [1.82, 2.24) is 15.0 Å². The zero-order valence-electron chi connectivity index (χ0n) is 41.6. The molecule has 0 spiro atoms. The van der Waals surface area contributed by atoms with Crippen LogP contribution in [0, 0.1) is 18.2 Å². The number of nitrogens with zero attached hydrogens (tertiary/aromatic N) is 3. The molecule has 3 nitrogen and oxygen atoms in total. The van der Waals surface area contributed by atoms with Crippen molar-refractivity contribution >= 4 is 43.4 Å². The minimum Gasteiger partial charge on any atom is -0.305 e. The normalized spacial score (nSPS) is 11.3. The first kappa shape index (κ1) is 47.3. The van der Waals surface area contributed by atoms with Gasteiger partial charge in [-0.15, -0.1) is 87.8 Å². The van der Waals surface area contributed by atoms with E-state index < -0.39 is 0 Å². The molecule has 0 saturated heterocycles. The summed E-state index contributed by atoms with van der Waals surface area (Å²) >= 11 is 0. The van der Waals surface area contributed by atoms with E-state index in [1.54, 1.807) is 0 Å². The molecular weight excluding hydrogens is 1110 g/mol. The molecule has 0 unspecified atom stereocenters. The van der Waals surface area contributed by atoms with Gasteiger partial charge in [-0.25, -0.2) is 0 Å². The van der Waals surface area contributed by atoms with Crippen LogP contribution in [0.25, 0.3) is 144 Å². The number of benzene rings is 11. The summed E-state index contributed by atoms with van der Waals surface area (Å²) in [6.07, 6.45) is 5.60.